The smallest absolute Gasteiger partial charge is 0.346 e. The number of rotatable bonds is 6. The molecule has 0 fully saturated rings. The molecule has 0 radical (unpaired) electrons. The molecule has 0 heterocycles. The van der Waals surface area contributed by atoms with Gasteiger partial charge in [0.1, 0.15) is 5.57 Å². The predicted molar refractivity (Wildman–Crippen MR) is 83.0 cm³/mol. The van der Waals surface area contributed by atoms with Crippen LogP contribution in [0.3, 0.4) is 0 Å². The van der Waals surface area contributed by atoms with Crippen molar-refractivity contribution in [2.75, 3.05) is 7.11 Å². The van der Waals surface area contributed by atoms with E-state index < -0.39 is 0 Å². The summed E-state index contributed by atoms with van der Waals surface area (Å²) in [6.07, 6.45) is 7.33. The van der Waals surface area contributed by atoms with E-state index in [1.165, 1.54) is 26.4 Å². The molecule has 20 heavy (non-hydrogen) atoms. The van der Waals surface area contributed by atoms with E-state index in [0.29, 0.717) is 5.57 Å². The van der Waals surface area contributed by atoms with Crippen molar-refractivity contribution in [1.82, 2.24) is 0 Å². The van der Waals surface area contributed by atoms with Crippen LogP contribution in [-0.2, 0) is 9.53 Å². The highest BCUT2D eigenvalue weighted by Gasteiger charge is 2.06. The van der Waals surface area contributed by atoms with Crippen molar-refractivity contribution < 1.29 is 9.53 Å². The maximum absolute atomic E-state index is 11.7. The second-order valence-corrected chi connectivity index (χ2v) is 4.57. The molecule has 106 valence electrons. The molecule has 0 atom stereocenters. The molecule has 0 saturated carbocycles. The fourth-order valence-corrected chi connectivity index (χ4v) is 1.77. The number of esters is 1. The summed E-state index contributed by atoms with van der Waals surface area (Å²) in [4.78, 5) is 11.7. The molecule has 0 aliphatic heterocycles. The van der Waals surface area contributed by atoms with Gasteiger partial charge in [-0.05, 0) is 18.1 Å². The van der Waals surface area contributed by atoms with E-state index in [2.05, 4.69) is 18.8 Å². The maximum atomic E-state index is 11.7. The standard InChI is InChI=1S/C18H22O2/c1-3-4-5-6-7-11-14-17(18(19)20-2)15-16-12-9-8-10-13-16/h8-10,12-13,15H,3-7H2,1-2H3/b17-15+. The second kappa shape index (κ2) is 9.86. The van der Waals surface area contributed by atoms with Crippen LogP contribution in [0.25, 0.3) is 6.08 Å². The molecule has 1 rings (SSSR count). The molecule has 0 saturated heterocycles. The van der Waals surface area contributed by atoms with Crippen LogP contribution in [0, 0.1) is 11.8 Å². The van der Waals surface area contributed by atoms with Gasteiger partial charge in [-0.15, -0.1) is 0 Å². The first-order valence-electron chi connectivity index (χ1n) is 7.12. The van der Waals surface area contributed by atoms with Crippen molar-refractivity contribution in [3.63, 3.8) is 0 Å². The SMILES string of the molecule is CCCCCCC#C/C(=C\c1ccccc1)C(=O)OC. The van der Waals surface area contributed by atoms with Crippen LogP contribution in [0.2, 0.25) is 0 Å². The van der Waals surface area contributed by atoms with E-state index >= 15 is 0 Å². The monoisotopic (exact) mass is 270 g/mol. The Hall–Kier alpha value is -2.01. The third kappa shape index (κ3) is 6.24. The van der Waals surface area contributed by atoms with Gasteiger partial charge in [-0.3, -0.25) is 0 Å². The Morgan fingerprint density at radius 3 is 2.60 bits per heavy atom. The Kier molecular flexibility index (Phi) is 7.91. The molecule has 0 aliphatic carbocycles. The summed E-state index contributed by atoms with van der Waals surface area (Å²) < 4.78 is 4.77. The minimum absolute atomic E-state index is 0.380. The van der Waals surface area contributed by atoms with Gasteiger partial charge in [0.05, 0.1) is 7.11 Å². The molecule has 0 aliphatic rings. The molecule has 1 aromatic carbocycles. The molecule has 2 heteroatoms. The van der Waals surface area contributed by atoms with Gasteiger partial charge >= 0.3 is 5.97 Å². The number of ether oxygens (including phenoxy) is 1. The van der Waals surface area contributed by atoms with Crippen LogP contribution in [0.1, 0.15) is 44.6 Å². The predicted octanol–water partition coefficient (Wildman–Crippen LogP) is 4.22. The topological polar surface area (TPSA) is 26.3 Å². The fraction of sp³-hybridized carbons (Fsp3) is 0.389. The van der Waals surface area contributed by atoms with Crippen LogP contribution >= 0.6 is 0 Å². The first-order valence-corrected chi connectivity index (χ1v) is 7.12. The average molecular weight is 270 g/mol. The Morgan fingerprint density at radius 2 is 1.95 bits per heavy atom. The van der Waals surface area contributed by atoms with E-state index in [0.717, 1.165) is 18.4 Å². The van der Waals surface area contributed by atoms with Gasteiger partial charge in [0.15, 0.2) is 0 Å². The molecule has 0 spiro atoms. The molecule has 0 amide bonds. The molecule has 1 aromatic rings. The van der Waals surface area contributed by atoms with Crippen molar-refractivity contribution in [2.24, 2.45) is 0 Å². The van der Waals surface area contributed by atoms with Gasteiger partial charge < -0.3 is 4.74 Å². The quantitative estimate of drug-likeness (QED) is 0.335. The van der Waals surface area contributed by atoms with Gasteiger partial charge in [-0.2, -0.15) is 0 Å². The van der Waals surface area contributed by atoms with Crippen molar-refractivity contribution >= 4 is 12.0 Å². The number of methoxy groups -OCH3 is 1. The lowest BCUT2D eigenvalue weighted by atomic mass is 10.1. The molecule has 0 unspecified atom stereocenters. The molecule has 2 nitrogen and oxygen atoms in total. The van der Waals surface area contributed by atoms with E-state index in [4.69, 9.17) is 4.74 Å². The number of hydrogen-bond donors (Lipinski definition) is 0. The number of benzene rings is 1. The minimum Gasteiger partial charge on any atom is -0.465 e. The van der Waals surface area contributed by atoms with Gasteiger partial charge in [0.2, 0.25) is 0 Å². The molecule has 0 N–H and O–H groups in total. The van der Waals surface area contributed by atoms with Gasteiger partial charge in [-0.25, -0.2) is 4.79 Å². The van der Waals surface area contributed by atoms with Gasteiger partial charge in [0.25, 0.3) is 0 Å². The molecule has 0 aromatic heterocycles. The summed E-state index contributed by atoms with van der Waals surface area (Å²) in [5, 5.41) is 0. The zero-order valence-electron chi connectivity index (χ0n) is 12.3. The Morgan fingerprint density at radius 1 is 1.20 bits per heavy atom. The van der Waals surface area contributed by atoms with E-state index in [1.807, 2.05) is 30.3 Å². The first kappa shape index (κ1) is 16.0. The number of carbonyl (C=O) groups excluding carboxylic acids is 1. The summed E-state index contributed by atoms with van der Waals surface area (Å²) in [7, 11) is 1.38. The van der Waals surface area contributed by atoms with Crippen molar-refractivity contribution in [3.05, 3.63) is 41.5 Å². The highest BCUT2D eigenvalue weighted by Crippen LogP contribution is 2.08. The molecular weight excluding hydrogens is 248 g/mol. The average Bonchev–Trinajstić information content (AvgIpc) is 2.49. The van der Waals surface area contributed by atoms with Crippen molar-refractivity contribution in [3.8, 4) is 11.8 Å². The molecule has 0 bridgehead atoms. The minimum atomic E-state index is -0.380. The van der Waals surface area contributed by atoms with E-state index in [1.54, 1.807) is 6.08 Å². The lowest BCUT2D eigenvalue weighted by molar-refractivity contribution is -0.135. The third-order valence-corrected chi connectivity index (χ3v) is 2.89. The second-order valence-electron chi connectivity index (χ2n) is 4.57. The highest BCUT2D eigenvalue weighted by molar-refractivity contribution is 5.98. The lowest BCUT2D eigenvalue weighted by Gasteiger charge is -1.98. The van der Waals surface area contributed by atoms with Crippen LogP contribution in [-0.4, -0.2) is 13.1 Å². The normalized spacial score (nSPS) is 10.6. The summed E-state index contributed by atoms with van der Waals surface area (Å²) in [6.45, 7) is 2.18. The maximum Gasteiger partial charge on any atom is 0.346 e. The first-order chi connectivity index (χ1) is 9.77. The number of unbranched alkanes of at least 4 members (excludes halogenated alkanes) is 4. The molecular formula is C18H22O2. The number of carbonyl (C=O) groups is 1. The van der Waals surface area contributed by atoms with Crippen molar-refractivity contribution in [1.29, 1.82) is 0 Å². The van der Waals surface area contributed by atoms with Crippen LogP contribution in [0.5, 0.6) is 0 Å². The summed E-state index contributed by atoms with van der Waals surface area (Å²) in [6, 6.07) is 9.67. The zero-order chi connectivity index (χ0) is 14.6. The van der Waals surface area contributed by atoms with E-state index in [9.17, 15) is 4.79 Å². The summed E-state index contributed by atoms with van der Waals surface area (Å²) in [5.41, 5.74) is 1.36. The largest absolute Gasteiger partial charge is 0.465 e. The lowest BCUT2D eigenvalue weighted by Crippen LogP contribution is -2.02. The number of hydrogen-bond acceptors (Lipinski definition) is 2. The zero-order valence-corrected chi connectivity index (χ0v) is 12.3. The van der Waals surface area contributed by atoms with Crippen LogP contribution in [0.15, 0.2) is 35.9 Å². The Labute approximate surface area is 121 Å². The van der Waals surface area contributed by atoms with Crippen LogP contribution < -0.4 is 0 Å². The van der Waals surface area contributed by atoms with Crippen LogP contribution in [0.4, 0.5) is 0 Å². The van der Waals surface area contributed by atoms with E-state index in [-0.39, 0.29) is 5.97 Å². The van der Waals surface area contributed by atoms with Gasteiger partial charge in [-0.1, -0.05) is 68.4 Å². The Bertz CT molecular complexity index is 489. The summed E-state index contributed by atoms with van der Waals surface area (Å²) >= 11 is 0. The third-order valence-electron chi connectivity index (χ3n) is 2.89. The summed E-state index contributed by atoms with van der Waals surface area (Å²) in [5.74, 6) is 5.61. The highest BCUT2D eigenvalue weighted by atomic mass is 16.5. The Balaban J connectivity index is 2.69. The fourth-order valence-electron chi connectivity index (χ4n) is 1.77. The van der Waals surface area contributed by atoms with Gasteiger partial charge in [0, 0.05) is 6.42 Å². The van der Waals surface area contributed by atoms with Crippen molar-refractivity contribution in [2.45, 2.75) is 39.0 Å².